The second-order valence-corrected chi connectivity index (χ2v) is 6.64. The number of aliphatic hydroxyl groups is 2. The summed E-state index contributed by atoms with van der Waals surface area (Å²) >= 11 is 1.79. The second-order valence-electron chi connectivity index (χ2n) is 5.48. The fraction of sp³-hybridized carbons (Fsp3) is 0.375. The van der Waals surface area contributed by atoms with Crippen molar-refractivity contribution in [3.05, 3.63) is 47.3 Å². The van der Waals surface area contributed by atoms with E-state index in [1.165, 1.54) is 15.3 Å². The molecule has 2 N–H and O–H groups in total. The number of thiophene rings is 1. The number of hydrogen-bond acceptors (Lipinski definition) is 4. The maximum Gasteiger partial charge on any atom is 0.102 e. The molecule has 0 spiro atoms. The summed E-state index contributed by atoms with van der Waals surface area (Å²) in [6, 6.07) is 14.7. The summed E-state index contributed by atoms with van der Waals surface area (Å²) in [5.74, 6) is 0. The molecule has 106 valence electrons. The topological polar surface area (TPSA) is 43.7 Å². The van der Waals surface area contributed by atoms with Crippen LogP contribution in [0.1, 0.15) is 11.3 Å². The molecule has 3 rings (SSSR count). The molecule has 0 bridgehead atoms. The van der Waals surface area contributed by atoms with E-state index in [2.05, 4.69) is 41.3 Å². The molecule has 20 heavy (non-hydrogen) atoms. The molecule has 0 saturated carbocycles. The standard InChI is InChI=1S/C16H19NO2S/c18-12-16(19)8-9-17(11-16)10-14-6-7-15(20-14)13-4-2-1-3-5-13/h1-7,18-19H,8-12H2. The van der Waals surface area contributed by atoms with Crippen LogP contribution in [0.15, 0.2) is 42.5 Å². The molecule has 2 aromatic rings. The first-order chi connectivity index (χ1) is 9.68. The predicted molar refractivity (Wildman–Crippen MR) is 81.7 cm³/mol. The summed E-state index contributed by atoms with van der Waals surface area (Å²) in [7, 11) is 0. The number of nitrogens with zero attached hydrogens (tertiary/aromatic N) is 1. The summed E-state index contributed by atoms with van der Waals surface area (Å²) in [5, 5.41) is 19.2. The van der Waals surface area contributed by atoms with Gasteiger partial charge in [-0.15, -0.1) is 11.3 Å². The average Bonchev–Trinajstić information content (AvgIpc) is 3.08. The normalized spacial score (nSPS) is 23.3. The molecule has 1 aromatic heterocycles. The third kappa shape index (κ3) is 2.94. The van der Waals surface area contributed by atoms with Gasteiger partial charge in [-0.3, -0.25) is 4.90 Å². The Morgan fingerprint density at radius 2 is 1.95 bits per heavy atom. The monoisotopic (exact) mass is 289 g/mol. The van der Waals surface area contributed by atoms with Gasteiger partial charge in [-0.25, -0.2) is 0 Å². The van der Waals surface area contributed by atoms with Gasteiger partial charge in [0.05, 0.1) is 6.61 Å². The molecule has 1 unspecified atom stereocenters. The van der Waals surface area contributed by atoms with E-state index in [-0.39, 0.29) is 6.61 Å². The zero-order valence-electron chi connectivity index (χ0n) is 11.3. The minimum atomic E-state index is -0.903. The SMILES string of the molecule is OCC1(O)CCN(Cc2ccc(-c3ccccc3)s2)C1. The van der Waals surface area contributed by atoms with Crippen LogP contribution >= 0.6 is 11.3 Å². The van der Waals surface area contributed by atoms with Crippen molar-refractivity contribution in [3.8, 4) is 10.4 Å². The molecule has 0 amide bonds. The van der Waals surface area contributed by atoms with Gasteiger partial charge >= 0.3 is 0 Å². The van der Waals surface area contributed by atoms with Gasteiger partial charge in [-0.05, 0) is 24.1 Å². The van der Waals surface area contributed by atoms with Crippen molar-refractivity contribution >= 4 is 11.3 Å². The van der Waals surface area contributed by atoms with Crippen LogP contribution in [0, 0.1) is 0 Å². The minimum absolute atomic E-state index is 0.150. The van der Waals surface area contributed by atoms with Crippen LogP contribution in [-0.4, -0.2) is 40.4 Å². The Morgan fingerprint density at radius 1 is 1.15 bits per heavy atom. The summed E-state index contributed by atoms with van der Waals surface area (Å²) in [5.41, 5.74) is 0.344. The maximum atomic E-state index is 10.0. The molecular weight excluding hydrogens is 270 g/mol. The first-order valence-electron chi connectivity index (χ1n) is 6.88. The Labute approximate surface area is 123 Å². The molecule has 0 radical (unpaired) electrons. The molecule has 1 aromatic carbocycles. The first kappa shape index (κ1) is 13.8. The molecular formula is C16H19NO2S. The van der Waals surface area contributed by atoms with Crippen LogP contribution < -0.4 is 0 Å². The number of aliphatic hydroxyl groups excluding tert-OH is 1. The van der Waals surface area contributed by atoms with Gasteiger partial charge in [0.15, 0.2) is 0 Å². The molecule has 2 heterocycles. The van der Waals surface area contributed by atoms with Crippen LogP contribution in [0.3, 0.4) is 0 Å². The number of benzene rings is 1. The smallest absolute Gasteiger partial charge is 0.102 e. The molecule has 0 aliphatic carbocycles. The van der Waals surface area contributed by atoms with Crippen molar-refractivity contribution in [3.63, 3.8) is 0 Å². The highest BCUT2D eigenvalue weighted by molar-refractivity contribution is 7.15. The van der Waals surface area contributed by atoms with Gasteiger partial charge in [0.25, 0.3) is 0 Å². The lowest BCUT2D eigenvalue weighted by Gasteiger charge is -2.20. The molecule has 3 nitrogen and oxygen atoms in total. The van der Waals surface area contributed by atoms with Gasteiger partial charge in [-0.2, -0.15) is 0 Å². The van der Waals surface area contributed by atoms with E-state index < -0.39 is 5.60 Å². The van der Waals surface area contributed by atoms with Gasteiger partial charge in [-0.1, -0.05) is 30.3 Å². The highest BCUT2D eigenvalue weighted by atomic mass is 32.1. The van der Waals surface area contributed by atoms with Crippen molar-refractivity contribution < 1.29 is 10.2 Å². The Bertz CT molecular complexity index is 569. The lowest BCUT2D eigenvalue weighted by molar-refractivity contribution is -0.00574. The highest BCUT2D eigenvalue weighted by Gasteiger charge is 2.35. The Hall–Kier alpha value is -1.20. The van der Waals surface area contributed by atoms with E-state index in [4.69, 9.17) is 0 Å². The van der Waals surface area contributed by atoms with E-state index in [1.807, 2.05) is 6.07 Å². The number of likely N-dealkylation sites (tertiary alicyclic amines) is 1. The zero-order valence-corrected chi connectivity index (χ0v) is 12.1. The van der Waals surface area contributed by atoms with Gasteiger partial charge in [0.1, 0.15) is 5.60 Å². The van der Waals surface area contributed by atoms with Crippen LogP contribution in [-0.2, 0) is 6.54 Å². The average molecular weight is 289 g/mol. The summed E-state index contributed by atoms with van der Waals surface area (Å²) in [4.78, 5) is 4.78. The summed E-state index contributed by atoms with van der Waals surface area (Å²) < 4.78 is 0. The largest absolute Gasteiger partial charge is 0.393 e. The highest BCUT2D eigenvalue weighted by Crippen LogP contribution is 2.30. The van der Waals surface area contributed by atoms with Crippen LogP contribution in [0.5, 0.6) is 0 Å². The third-order valence-electron chi connectivity index (χ3n) is 3.81. The van der Waals surface area contributed by atoms with Crippen LogP contribution in [0.4, 0.5) is 0 Å². The van der Waals surface area contributed by atoms with E-state index >= 15 is 0 Å². The van der Waals surface area contributed by atoms with Crippen molar-refractivity contribution in [2.24, 2.45) is 0 Å². The lowest BCUT2D eigenvalue weighted by atomic mass is 10.1. The molecule has 1 atom stereocenters. The number of hydrogen-bond donors (Lipinski definition) is 2. The van der Waals surface area contributed by atoms with Crippen LogP contribution in [0.25, 0.3) is 10.4 Å². The van der Waals surface area contributed by atoms with E-state index in [0.717, 1.165) is 13.1 Å². The number of β-amino-alcohol motifs (C(OH)–C–C–N with tert-alkyl or cyclic N) is 1. The van der Waals surface area contributed by atoms with Gasteiger partial charge in [0, 0.05) is 29.4 Å². The molecule has 1 aliphatic rings. The molecule has 1 fully saturated rings. The Morgan fingerprint density at radius 3 is 2.65 bits per heavy atom. The third-order valence-corrected chi connectivity index (χ3v) is 4.92. The van der Waals surface area contributed by atoms with Crippen molar-refractivity contribution in [2.75, 3.05) is 19.7 Å². The summed E-state index contributed by atoms with van der Waals surface area (Å²) in [6.07, 6.45) is 0.653. The number of rotatable bonds is 4. The van der Waals surface area contributed by atoms with Crippen molar-refractivity contribution in [1.29, 1.82) is 0 Å². The lowest BCUT2D eigenvalue weighted by Crippen LogP contribution is -2.36. The maximum absolute atomic E-state index is 10.0. The molecule has 1 aliphatic heterocycles. The molecule has 4 heteroatoms. The fourth-order valence-electron chi connectivity index (χ4n) is 2.65. The van der Waals surface area contributed by atoms with Gasteiger partial charge < -0.3 is 10.2 Å². The van der Waals surface area contributed by atoms with E-state index in [0.29, 0.717) is 13.0 Å². The van der Waals surface area contributed by atoms with Crippen molar-refractivity contribution in [2.45, 2.75) is 18.6 Å². The quantitative estimate of drug-likeness (QED) is 0.908. The van der Waals surface area contributed by atoms with Crippen LogP contribution in [0.2, 0.25) is 0 Å². The first-order valence-corrected chi connectivity index (χ1v) is 7.70. The predicted octanol–water partition coefficient (Wildman–Crippen LogP) is 2.34. The zero-order chi connectivity index (χ0) is 14.0. The fourth-order valence-corrected chi connectivity index (χ4v) is 3.70. The van der Waals surface area contributed by atoms with E-state index in [1.54, 1.807) is 11.3 Å². The molecule has 1 saturated heterocycles. The minimum Gasteiger partial charge on any atom is -0.393 e. The van der Waals surface area contributed by atoms with Gasteiger partial charge in [0.2, 0.25) is 0 Å². The second kappa shape index (κ2) is 5.66. The Balaban J connectivity index is 1.67. The van der Waals surface area contributed by atoms with E-state index in [9.17, 15) is 10.2 Å². The van der Waals surface area contributed by atoms with Crippen molar-refractivity contribution in [1.82, 2.24) is 4.90 Å². The summed E-state index contributed by atoms with van der Waals surface area (Å²) in [6.45, 7) is 2.10. The Kier molecular flexibility index (Phi) is 3.89.